The van der Waals surface area contributed by atoms with E-state index in [2.05, 4.69) is 58.3 Å². The summed E-state index contributed by atoms with van der Waals surface area (Å²) in [4.78, 5) is 7.91. The number of pyridine rings is 1. The van der Waals surface area contributed by atoms with Crippen LogP contribution < -0.4 is 0 Å². The highest BCUT2D eigenvalue weighted by molar-refractivity contribution is 5.93. The lowest BCUT2D eigenvalue weighted by Gasteiger charge is -2.09. The van der Waals surface area contributed by atoms with E-state index in [-0.39, 0.29) is 0 Å². The van der Waals surface area contributed by atoms with Gasteiger partial charge in [-0.15, -0.1) is 10.2 Å². The first-order valence-corrected chi connectivity index (χ1v) is 8.98. The number of aromatic amines is 1. The second-order valence-corrected chi connectivity index (χ2v) is 6.87. The molecule has 3 heterocycles. The molecule has 4 rings (SSSR count). The zero-order chi connectivity index (χ0) is 18.3. The van der Waals surface area contributed by atoms with Gasteiger partial charge in [0.15, 0.2) is 0 Å². The van der Waals surface area contributed by atoms with Gasteiger partial charge in [0.2, 0.25) is 11.8 Å². The monoisotopic (exact) mass is 346 g/mol. The van der Waals surface area contributed by atoms with E-state index in [4.69, 9.17) is 4.42 Å². The van der Waals surface area contributed by atoms with Crippen molar-refractivity contribution in [1.82, 2.24) is 20.2 Å². The molecule has 0 bridgehead atoms. The minimum absolute atomic E-state index is 0.372. The SMILES string of the molecule is CCc1nnc(-c2ccc3[nH]c(-c4ccnc(C)c4)c(C(C)C)c3c2)o1. The molecule has 0 atom stereocenters. The standard InChI is InChI=1S/C21H22N4O/c1-5-18-24-25-21(26-18)15-6-7-17-16(11-15)19(12(2)3)20(23-17)14-8-9-22-13(4)10-14/h6-12,23H,5H2,1-4H3. The number of fused-ring (bicyclic) bond motifs is 1. The van der Waals surface area contributed by atoms with Crippen LogP contribution in [0.3, 0.4) is 0 Å². The van der Waals surface area contributed by atoms with Gasteiger partial charge in [0.05, 0.1) is 5.69 Å². The summed E-state index contributed by atoms with van der Waals surface area (Å²) in [6.45, 7) is 8.45. The lowest BCUT2D eigenvalue weighted by molar-refractivity contribution is 0.513. The van der Waals surface area contributed by atoms with Crippen molar-refractivity contribution in [3.63, 3.8) is 0 Å². The van der Waals surface area contributed by atoms with Crippen LogP contribution in [-0.4, -0.2) is 20.2 Å². The summed E-state index contributed by atoms with van der Waals surface area (Å²) in [5, 5.41) is 9.45. The van der Waals surface area contributed by atoms with E-state index in [9.17, 15) is 0 Å². The summed E-state index contributed by atoms with van der Waals surface area (Å²) in [7, 11) is 0. The van der Waals surface area contributed by atoms with Crippen LogP contribution in [-0.2, 0) is 6.42 Å². The number of rotatable bonds is 4. The van der Waals surface area contributed by atoms with E-state index >= 15 is 0 Å². The molecule has 0 aliphatic rings. The first-order chi connectivity index (χ1) is 12.6. The number of aryl methyl sites for hydroxylation is 2. The van der Waals surface area contributed by atoms with Crippen molar-refractivity contribution in [3.8, 4) is 22.7 Å². The van der Waals surface area contributed by atoms with Gasteiger partial charge in [-0.1, -0.05) is 20.8 Å². The Morgan fingerprint density at radius 2 is 1.92 bits per heavy atom. The summed E-state index contributed by atoms with van der Waals surface area (Å²) in [6, 6.07) is 10.4. The molecule has 0 radical (unpaired) electrons. The van der Waals surface area contributed by atoms with Gasteiger partial charge >= 0.3 is 0 Å². The van der Waals surface area contributed by atoms with Crippen molar-refractivity contribution >= 4 is 10.9 Å². The van der Waals surface area contributed by atoms with Crippen molar-refractivity contribution in [1.29, 1.82) is 0 Å². The fraction of sp³-hybridized carbons (Fsp3) is 0.286. The molecule has 0 unspecified atom stereocenters. The molecule has 3 aromatic heterocycles. The van der Waals surface area contributed by atoms with Crippen LogP contribution in [0, 0.1) is 6.92 Å². The molecule has 5 heteroatoms. The molecular weight excluding hydrogens is 324 g/mol. The molecule has 132 valence electrons. The van der Waals surface area contributed by atoms with E-state index < -0.39 is 0 Å². The van der Waals surface area contributed by atoms with Crippen LogP contribution in [0.1, 0.15) is 43.8 Å². The van der Waals surface area contributed by atoms with Gasteiger partial charge in [0, 0.05) is 40.3 Å². The highest BCUT2D eigenvalue weighted by Crippen LogP contribution is 2.37. The number of hydrogen-bond acceptors (Lipinski definition) is 4. The average Bonchev–Trinajstić information content (AvgIpc) is 3.25. The van der Waals surface area contributed by atoms with Crippen molar-refractivity contribution < 1.29 is 4.42 Å². The van der Waals surface area contributed by atoms with Gasteiger partial charge in [0.25, 0.3) is 0 Å². The average molecular weight is 346 g/mol. The predicted molar refractivity (Wildman–Crippen MR) is 103 cm³/mol. The van der Waals surface area contributed by atoms with Gasteiger partial charge in [-0.3, -0.25) is 4.98 Å². The summed E-state index contributed by atoms with van der Waals surface area (Å²) in [5.41, 5.74) is 6.67. The van der Waals surface area contributed by atoms with E-state index in [1.807, 2.05) is 26.1 Å². The molecule has 26 heavy (non-hydrogen) atoms. The van der Waals surface area contributed by atoms with E-state index in [0.29, 0.717) is 17.7 Å². The molecule has 5 nitrogen and oxygen atoms in total. The maximum atomic E-state index is 5.73. The molecule has 0 fully saturated rings. The fourth-order valence-corrected chi connectivity index (χ4v) is 3.39. The number of nitrogens with zero attached hydrogens (tertiary/aromatic N) is 3. The van der Waals surface area contributed by atoms with E-state index in [0.717, 1.165) is 34.5 Å². The van der Waals surface area contributed by atoms with Gasteiger partial charge in [-0.25, -0.2) is 0 Å². The largest absolute Gasteiger partial charge is 0.421 e. The van der Waals surface area contributed by atoms with E-state index in [1.165, 1.54) is 10.9 Å². The zero-order valence-corrected chi connectivity index (χ0v) is 15.5. The Balaban J connectivity index is 1.91. The molecule has 0 saturated carbocycles. The van der Waals surface area contributed by atoms with E-state index in [1.54, 1.807) is 0 Å². The minimum Gasteiger partial charge on any atom is -0.421 e. The molecule has 0 saturated heterocycles. The van der Waals surface area contributed by atoms with Gasteiger partial charge in [-0.05, 0) is 48.7 Å². The van der Waals surface area contributed by atoms with Crippen molar-refractivity contribution in [2.24, 2.45) is 0 Å². The Labute approximate surface area is 152 Å². The smallest absolute Gasteiger partial charge is 0.247 e. The third kappa shape index (κ3) is 2.79. The molecule has 0 aliphatic carbocycles. The fourth-order valence-electron chi connectivity index (χ4n) is 3.39. The summed E-state index contributed by atoms with van der Waals surface area (Å²) in [6.07, 6.45) is 2.60. The first-order valence-electron chi connectivity index (χ1n) is 8.98. The van der Waals surface area contributed by atoms with Crippen LogP contribution in [0.15, 0.2) is 40.9 Å². The lowest BCUT2D eigenvalue weighted by Crippen LogP contribution is -1.91. The number of benzene rings is 1. The maximum Gasteiger partial charge on any atom is 0.247 e. The molecule has 1 aromatic carbocycles. The molecular formula is C21H22N4O. The predicted octanol–water partition coefficient (Wildman–Crippen LogP) is 5.27. The third-order valence-electron chi connectivity index (χ3n) is 4.62. The van der Waals surface area contributed by atoms with Crippen molar-refractivity contribution in [3.05, 3.63) is 53.7 Å². The molecule has 4 aromatic rings. The molecule has 0 spiro atoms. The van der Waals surface area contributed by atoms with Crippen LogP contribution in [0.5, 0.6) is 0 Å². The van der Waals surface area contributed by atoms with Crippen molar-refractivity contribution in [2.75, 3.05) is 0 Å². The van der Waals surface area contributed by atoms with Crippen molar-refractivity contribution in [2.45, 2.75) is 40.0 Å². The zero-order valence-electron chi connectivity index (χ0n) is 15.5. The molecule has 0 aliphatic heterocycles. The second kappa shape index (κ2) is 6.41. The maximum absolute atomic E-state index is 5.73. The third-order valence-corrected chi connectivity index (χ3v) is 4.62. The Kier molecular flexibility index (Phi) is 4.07. The van der Waals surface area contributed by atoms with Gasteiger partial charge < -0.3 is 9.40 Å². The summed E-state index contributed by atoms with van der Waals surface area (Å²) in [5.74, 6) is 1.60. The number of nitrogens with one attached hydrogen (secondary N) is 1. The summed E-state index contributed by atoms with van der Waals surface area (Å²) >= 11 is 0. The topological polar surface area (TPSA) is 67.6 Å². The van der Waals surface area contributed by atoms with Crippen LogP contribution in [0.25, 0.3) is 33.6 Å². The number of hydrogen-bond donors (Lipinski definition) is 1. The van der Waals surface area contributed by atoms with Crippen LogP contribution in [0.4, 0.5) is 0 Å². The quantitative estimate of drug-likeness (QED) is 0.546. The Morgan fingerprint density at radius 3 is 2.62 bits per heavy atom. The van der Waals surface area contributed by atoms with Gasteiger partial charge in [-0.2, -0.15) is 0 Å². The van der Waals surface area contributed by atoms with Crippen LogP contribution >= 0.6 is 0 Å². The molecule has 1 N–H and O–H groups in total. The number of H-pyrrole nitrogens is 1. The summed E-state index contributed by atoms with van der Waals surface area (Å²) < 4.78 is 5.73. The Morgan fingerprint density at radius 1 is 1.08 bits per heavy atom. The lowest BCUT2D eigenvalue weighted by atomic mass is 9.95. The second-order valence-electron chi connectivity index (χ2n) is 6.87. The Hall–Kier alpha value is -2.95. The normalized spacial score (nSPS) is 11.6. The minimum atomic E-state index is 0.372. The first kappa shape index (κ1) is 16.5. The highest BCUT2D eigenvalue weighted by atomic mass is 16.4. The highest BCUT2D eigenvalue weighted by Gasteiger charge is 2.18. The number of aromatic nitrogens is 4. The van der Waals surface area contributed by atoms with Crippen LogP contribution in [0.2, 0.25) is 0 Å². The Bertz CT molecular complexity index is 1070. The molecule has 0 amide bonds. The van der Waals surface area contributed by atoms with Gasteiger partial charge in [0.1, 0.15) is 0 Å².